The highest BCUT2D eigenvalue weighted by atomic mass is 14.6. The van der Waals surface area contributed by atoms with E-state index in [9.17, 15) is 0 Å². The molecule has 2 heteroatoms. The molecule has 0 aliphatic carbocycles. The Bertz CT molecular complexity index is 648. The van der Waals surface area contributed by atoms with Gasteiger partial charge in [0.15, 0.2) is 0 Å². The van der Waals surface area contributed by atoms with Crippen molar-refractivity contribution in [2.45, 2.75) is 110 Å². The zero-order valence-electron chi connectivity index (χ0n) is 20.4. The predicted octanol–water partition coefficient (Wildman–Crippen LogP) is 8.73. The van der Waals surface area contributed by atoms with E-state index in [2.05, 4.69) is 32.0 Å². The molecule has 0 saturated heterocycles. The van der Waals surface area contributed by atoms with Gasteiger partial charge >= 0.3 is 0 Å². The summed E-state index contributed by atoms with van der Waals surface area (Å²) in [6.07, 6.45) is 20.5. The molecule has 174 valence electrons. The maximum absolute atomic E-state index is 5.71. The van der Waals surface area contributed by atoms with E-state index in [0.29, 0.717) is 0 Å². The average Bonchev–Trinajstić information content (AvgIpc) is 2.78. The van der Waals surface area contributed by atoms with Gasteiger partial charge in [0.2, 0.25) is 0 Å². The maximum Gasteiger partial charge on any atom is 0.0346 e. The fourth-order valence-corrected chi connectivity index (χ4v) is 3.89. The van der Waals surface area contributed by atoms with E-state index in [1.165, 1.54) is 94.6 Å². The lowest BCUT2D eigenvalue weighted by Crippen LogP contribution is -1.92. The smallest absolute Gasteiger partial charge is 0.0346 e. The fraction of sp³-hybridized carbons (Fsp3) is 0.586. The van der Waals surface area contributed by atoms with Crippen LogP contribution in [0.5, 0.6) is 0 Å². The van der Waals surface area contributed by atoms with Gasteiger partial charge in [-0.15, -0.1) is 0 Å². The molecule has 0 spiro atoms. The predicted molar refractivity (Wildman–Crippen MR) is 140 cm³/mol. The first-order valence-electron chi connectivity index (χ1n) is 12.8. The summed E-state index contributed by atoms with van der Waals surface area (Å²) in [4.78, 5) is 0. The van der Waals surface area contributed by atoms with Gasteiger partial charge in [0.05, 0.1) is 0 Å². The molecule has 4 N–H and O–H groups in total. The summed E-state index contributed by atoms with van der Waals surface area (Å²) < 4.78 is 0. The number of nitrogen functional groups attached to an aromatic ring is 2. The number of hydrogen-bond acceptors (Lipinski definition) is 2. The van der Waals surface area contributed by atoms with Crippen molar-refractivity contribution in [1.82, 2.24) is 0 Å². The highest BCUT2D eigenvalue weighted by Crippen LogP contribution is 2.14. The van der Waals surface area contributed by atoms with Gasteiger partial charge in [-0.05, 0) is 48.6 Å². The molecule has 0 fully saturated rings. The lowest BCUT2D eigenvalue weighted by molar-refractivity contribution is 0.544. The van der Waals surface area contributed by atoms with Gasteiger partial charge in [0.25, 0.3) is 0 Å². The Labute approximate surface area is 192 Å². The van der Waals surface area contributed by atoms with Gasteiger partial charge in [-0.1, -0.05) is 121 Å². The minimum Gasteiger partial charge on any atom is -0.399 e. The molecule has 0 radical (unpaired) electrons. The molecule has 2 aromatic rings. The lowest BCUT2D eigenvalue weighted by atomic mass is 10.0. The van der Waals surface area contributed by atoms with E-state index in [4.69, 9.17) is 11.5 Å². The largest absolute Gasteiger partial charge is 0.399 e. The molecule has 0 aliphatic heterocycles. The van der Waals surface area contributed by atoms with Crippen LogP contribution in [0.4, 0.5) is 11.4 Å². The second-order valence-corrected chi connectivity index (χ2v) is 8.83. The molecular weight excluding hydrogens is 376 g/mol. The molecule has 0 heterocycles. The Kier molecular flexibility index (Phi) is 16.4. The second-order valence-electron chi connectivity index (χ2n) is 8.83. The van der Waals surface area contributed by atoms with Crippen LogP contribution in [0.1, 0.15) is 108 Å². The Balaban J connectivity index is 0.000000399. The van der Waals surface area contributed by atoms with Crippen molar-refractivity contribution < 1.29 is 0 Å². The Hall–Kier alpha value is -1.96. The van der Waals surface area contributed by atoms with Gasteiger partial charge in [-0.25, -0.2) is 0 Å². The summed E-state index contributed by atoms with van der Waals surface area (Å²) in [6.45, 7) is 4.44. The average molecular weight is 425 g/mol. The number of benzene rings is 2. The molecule has 0 bridgehead atoms. The van der Waals surface area contributed by atoms with Crippen molar-refractivity contribution in [3.63, 3.8) is 0 Å². The number of anilines is 2. The van der Waals surface area contributed by atoms with Crippen LogP contribution in [-0.4, -0.2) is 0 Å². The van der Waals surface area contributed by atoms with Crippen LogP contribution in [0.25, 0.3) is 0 Å². The molecule has 2 nitrogen and oxygen atoms in total. The summed E-state index contributed by atoms with van der Waals surface area (Å²) in [5, 5.41) is 0. The van der Waals surface area contributed by atoms with E-state index < -0.39 is 0 Å². The highest BCUT2D eigenvalue weighted by Gasteiger charge is 1.96. The zero-order valence-corrected chi connectivity index (χ0v) is 20.4. The molecule has 0 aliphatic rings. The summed E-state index contributed by atoms with van der Waals surface area (Å²) >= 11 is 0. The van der Waals surface area contributed by atoms with Crippen molar-refractivity contribution >= 4 is 11.4 Å². The quantitative estimate of drug-likeness (QED) is 0.222. The summed E-state index contributed by atoms with van der Waals surface area (Å²) in [5.41, 5.74) is 15.9. The molecule has 31 heavy (non-hydrogen) atoms. The van der Waals surface area contributed by atoms with Crippen LogP contribution in [0.15, 0.2) is 48.5 Å². The van der Waals surface area contributed by atoms with E-state index in [1.54, 1.807) is 0 Å². The van der Waals surface area contributed by atoms with E-state index >= 15 is 0 Å². The molecule has 0 aromatic heterocycles. The van der Waals surface area contributed by atoms with Gasteiger partial charge in [-0.3, -0.25) is 0 Å². The minimum absolute atomic E-state index is 0.869. The molecule has 0 saturated carbocycles. The van der Waals surface area contributed by atoms with E-state index in [1.807, 2.05) is 30.3 Å². The van der Waals surface area contributed by atoms with Crippen LogP contribution < -0.4 is 11.5 Å². The number of hydrogen-bond donors (Lipinski definition) is 2. The second kappa shape index (κ2) is 18.8. The molecule has 0 atom stereocenters. The topological polar surface area (TPSA) is 52.0 Å². The Morgan fingerprint density at radius 2 is 1.03 bits per heavy atom. The zero-order chi connectivity index (χ0) is 22.6. The normalized spacial score (nSPS) is 10.5. The monoisotopic (exact) mass is 424 g/mol. The van der Waals surface area contributed by atoms with Gasteiger partial charge in [0, 0.05) is 11.4 Å². The fourth-order valence-electron chi connectivity index (χ4n) is 3.89. The number of nitrogens with two attached hydrogens (primary N) is 2. The van der Waals surface area contributed by atoms with E-state index in [-0.39, 0.29) is 0 Å². The third-order valence-electron chi connectivity index (χ3n) is 5.87. The SMILES string of the molecule is CCCCCCCCCCCCCCc1ccc(N)cc1.CCCc1ccccc1N. The van der Waals surface area contributed by atoms with Crippen LogP contribution in [-0.2, 0) is 12.8 Å². The van der Waals surface area contributed by atoms with Crippen molar-refractivity contribution in [2.24, 2.45) is 0 Å². The highest BCUT2D eigenvalue weighted by molar-refractivity contribution is 5.46. The van der Waals surface area contributed by atoms with Crippen LogP contribution in [0, 0.1) is 0 Å². The van der Waals surface area contributed by atoms with Crippen molar-refractivity contribution in [3.05, 3.63) is 59.7 Å². The molecule has 0 amide bonds. The van der Waals surface area contributed by atoms with E-state index in [0.717, 1.165) is 24.2 Å². The van der Waals surface area contributed by atoms with Crippen molar-refractivity contribution in [3.8, 4) is 0 Å². The number of unbranched alkanes of at least 4 members (excludes halogenated alkanes) is 11. The third kappa shape index (κ3) is 14.6. The first-order chi connectivity index (χ1) is 15.2. The van der Waals surface area contributed by atoms with Crippen molar-refractivity contribution in [2.75, 3.05) is 11.5 Å². The van der Waals surface area contributed by atoms with Gasteiger partial charge in [0.1, 0.15) is 0 Å². The summed E-state index contributed by atoms with van der Waals surface area (Å²) in [7, 11) is 0. The standard InChI is InChI=1S/C20H35N.C9H13N/c1-2-3-4-5-6-7-8-9-10-11-12-13-14-19-15-17-20(21)18-16-19;1-2-5-8-6-3-4-7-9(8)10/h15-18H,2-14,21H2,1H3;3-4,6-7H,2,5,10H2,1H3. The first-order valence-corrected chi connectivity index (χ1v) is 12.8. The first kappa shape index (κ1) is 27.1. The Morgan fingerprint density at radius 3 is 1.55 bits per heavy atom. The van der Waals surface area contributed by atoms with Crippen LogP contribution in [0.3, 0.4) is 0 Å². The molecule has 2 rings (SSSR count). The molecule has 2 aromatic carbocycles. The van der Waals surface area contributed by atoms with Gasteiger partial charge < -0.3 is 11.5 Å². The maximum atomic E-state index is 5.71. The summed E-state index contributed by atoms with van der Waals surface area (Å²) in [5.74, 6) is 0. The Morgan fingerprint density at radius 1 is 0.516 bits per heavy atom. The lowest BCUT2D eigenvalue weighted by Gasteiger charge is -2.04. The van der Waals surface area contributed by atoms with Crippen LogP contribution >= 0.6 is 0 Å². The molecule has 0 unspecified atom stereocenters. The third-order valence-corrected chi connectivity index (χ3v) is 5.87. The summed E-state index contributed by atoms with van der Waals surface area (Å²) in [6, 6.07) is 16.4. The number of para-hydroxylation sites is 1. The van der Waals surface area contributed by atoms with Crippen LogP contribution in [0.2, 0.25) is 0 Å². The number of aryl methyl sites for hydroxylation is 2. The minimum atomic E-state index is 0.869. The molecular formula is C29H48N2. The van der Waals surface area contributed by atoms with Gasteiger partial charge in [-0.2, -0.15) is 0 Å². The number of rotatable bonds is 15. The van der Waals surface area contributed by atoms with Crippen molar-refractivity contribution in [1.29, 1.82) is 0 Å².